The number of hydrogen-bond donors (Lipinski definition) is 0. The summed E-state index contributed by atoms with van der Waals surface area (Å²) in [7, 11) is 1.56. The number of anilines is 1. The number of hydrogen-bond acceptors (Lipinski definition) is 7. The molecule has 0 saturated carbocycles. The summed E-state index contributed by atoms with van der Waals surface area (Å²) in [4.78, 5) is 47.6. The van der Waals surface area contributed by atoms with Crippen molar-refractivity contribution in [2.24, 2.45) is 4.99 Å². The molecule has 5 rings (SSSR count). The fraction of sp³-hybridized carbons (Fsp3) is 0.286. The molecule has 0 bridgehead atoms. The van der Waals surface area contributed by atoms with Gasteiger partial charge in [0.1, 0.15) is 10.3 Å². The molecule has 0 unspecified atom stereocenters. The largest absolute Gasteiger partial charge is 0.497 e. The molecule has 3 aromatic rings. The molecule has 8 nitrogen and oxygen atoms in total. The molecule has 0 aliphatic carbocycles. The van der Waals surface area contributed by atoms with Gasteiger partial charge in [-0.25, -0.2) is 9.79 Å². The number of carbonyl (C=O) groups is 2. The summed E-state index contributed by atoms with van der Waals surface area (Å²) in [5.41, 5.74) is 2.89. The van der Waals surface area contributed by atoms with Crippen LogP contribution in [0.3, 0.4) is 0 Å². The topological polar surface area (TPSA) is 90.2 Å². The average molecular weight is 518 g/mol. The van der Waals surface area contributed by atoms with Gasteiger partial charge < -0.3 is 14.4 Å². The first-order chi connectivity index (χ1) is 17.8. The third kappa shape index (κ3) is 3.99. The number of carbonyl (C=O) groups excluding carboxylic acids is 2. The number of thiazole rings is 1. The summed E-state index contributed by atoms with van der Waals surface area (Å²) in [6, 6.07) is 13.9. The van der Waals surface area contributed by atoms with Gasteiger partial charge >= 0.3 is 5.97 Å². The first kappa shape index (κ1) is 24.7. The molecule has 1 aromatic heterocycles. The number of para-hydroxylation sites is 1. The maximum atomic E-state index is 14.1. The van der Waals surface area contributed by atoms with Crippen LogP contribution >= 0.6 is 11.3 Å². The average Bonchev–Trinajstić information content (AvgIpc) is 3.34. The van der Waals surface area contributed by atoms with Crippen molar-refractivity contribution in [3.05, 3.63) is 90.6 Å². The van der Waals surface area contributed by atoms with E-state index in [0.717, 1.165) is 17.0 Å². The molecular weight excluding hydrogens is 490 g/mol. The van der Waals surface area contributed by atoms with E-state index in [2.05, 4.69) is 4.99 Å². The van der Waals surface area contributed by atoms with E-state index in [0.29, 0.717) is 44.0 Å². The fourth-order valence-electron chi connectivity index (χ4n) is 4.85. The van der Waals surface area contributed by atoms with Crippen LogP contribution in [-0.4, -0.2) is 36.2 Å². The van der Waals surface area contributed by atoms with Gasteiger partial charge in [0.15, 0.2) is 4.80 Å². The van der Waals surface area contributed by atoms with Gasteiger partial charge in [-0.1, -0.05) is 41.7 Å². The van der Waals surface area contributed by atoms with E-state index in [1.54, 1.807) is 44.9 Å². The van der Waals surface area contributed by atoms with Crippen molar-refractivity contribution in [2.45, 2.75) is 39.8 Å². The van der Waals surface area contributed by atoms with Crippen LogP contribution in [0.25, 0.3) is 5.57 Å². The Labute approximate surface area is 217 Å². The second-order valence-corrected chi connectivity index (χ2v) is 10.1. The molecule has 2 aliphatic rings. The molecule has 9 heteroatoms. The summed E-state index contributed by atoms with van der Waals surface area (Å²) in [5, 5.41) is 0. The van der Waals surface area contributed by atoms with Crippen molar-refractivity contribution in [1.29, 1.82) is 0 Å². The van der Waals surface area contributed by atoms with Crippen LogP contribution in [0.4, 0.5) is 5.69 Å². The molecule has 1 amide bonds. The van der Waals surface area contributed by atoms with Gasteiger partial charge in [-0.3, -0.25) is 14.2 Å². The Kier molecular flexibility index (Phi) is 6.33. The lowest BCUT2D eigenvalue weighted by Crippen LogP contribution is -2.41. The highest BCUT2D eigenvalue weighted by Crippen LogP contribution is 2.36. The van der Waals surface area contributed by atoms with Crippen LogP contribution in [0.2, 0.25) is 0 Å². The van der Waals surface area contributed by atoms with E-state index < -0.39 is 12.0 Å². The molecule has 3 heterocycles. The van der Waals surface area contributed by atoms with E-state index in [4.69, 9.17) is 9.47 Å². The molecule has 0 N–H and O–H groups in total. The molecule has 2 aliphatic heterocycles. The minimum absolute atomic E-state index is 0.220. The van der Waals surface area contributed by atoms with Gasteiger partial charge in [-0.15, -0.1) is 0 Å². The highest BCUT2D eigenvalue weighted by molar-refractivity contribution is 7.07. The van der Waals surface area contributed by atoms with Crippen LogP contribution in [-0.2, 0) is 14.3 Å². The SMILES string of the molecule is CCN1C(=O)/C(=c2\sc3n(c2=O)[C@@H](c2cccc(OC)c2)C(C(=O)OC(C)C)=C(C)N=3)c2ccccc21. The molecule has 1 atom stereocenters. The number of rotatable bonds is 5. The van der Waals surface area contributed by atoms with Crippen LogP contribution in [0.1, 0.15) is 44.9 Å². The molecule has 0 spiro atoms. The van der Waals surface area contributed by atoms with Crippen molar-refractivity contribution in [1.82, 2.24) is 4.57 Å². The zero-order valence-electron chi connectivity index (χ0n) is 21.3. The van der Waals surface area contributed by atoms with E-state index >= 15 is 0 Å². The monoisotopic (exact) mass is 517 g/mol. The Morgan fingerprint density at radius 3 is 2.59 bits per heavy atom. The number of methoxy groups -OCH3 is 1. The number of likely N-dealkylation sites (N-methyl/N-ethyl adjacent to an activating group) is 1. The minimum atomic E-state index is -0.791. The van der Waals surface area contributed by atoms with Gasteiger partial charge in [0.2, 0.25) is 0 Å². The number of esters is 1. The molecule has 0 radical (unpaired) electrons. The highest BCUT2D eigenvalue weighted by Gasteiger charge is 2.37. The Morgan fingerprint density at radius 2 is 1.89 bits per heavy atom. The van der Waals surface area contributed by atoms with E-state index in [-0.39, 0.29) is 23.1 Å². The zero-order chi connectivity index (χ0) is 26.4. The first-order valence-electron chi connectivity index (χ1n) is 12.1. The summed E-state index contributed by atoms with van der Waals surface area (Å²) >= 11 is 1.16. The zero-order valence-corrected chi connectivity index (χ0v) is 22.1. The lowest BCUT2D eigenvalue weighted by molar-refractivity contribution is -0.143. The molecule has 190 valence electrons. The molecule has 0 fully saturated rings. The third-order valence-corrected chi connectivity index (χ3v) is 7.49. The third-order valence-electron chi connectivity index (χ3n) is 6.44. The number of allylic oxidation sites excluding steroid dienone is 1. The van der Waals surface area contributed by atoms with Crippen molar-refractivity contribution in [2.75, 3.05) is 18.6 Å². The molecule has 2 aromatic carbocycles. The summed E-state index contributed by atoms with van der Waals surface area (Å²) < 4.78 is 12.8. The molecule has 37 heavy (non-hydrogen) atoms. The van der Waals surface area contributed by atoms with Gasteiger partial charge in [0.25, 0.3) is 11.5 Å². The summed E-state index contributed by atoms with van der Waals surface area (Å²) in [6.07, 6.45) is -0.349. The van der Waals surface area contributed by atoms with Crippen LogP contribution in [0.5, 0.6) is 5.75 Å². The number of aromatic nitrogens is 1. The van der Waals surface area contributed by atoms with Crippen molar-refractivity contribution in [3.8, 4) is 5.75 Å². The quantitative estimate of drug-likeness (QED) is 0.486. The van der Waals surface area contributed by atoms with Crippen molar-refractivity contribution >= 4 is 34.5 Å². The van der Waals surface area contributed by atoms with Gasteiger partial charge in [-0.2, -0.15) is 0 Å². The van der Waals surface area contributed by atoms with Gasteiger partial charge in [0.05, 0.1) is 41.8 Å². The van der Waals surface area contributed by atoms with E-state index in [9.17, 15) is 14.4 Å². The minimum Gasteiger partial charge on any atom is -0.497 e. The van der Waals surface area contributed by atoms with Gasteiger partial charge in [0, 0.05) is 12.1 Å². The Balaban J connectivity index is 1.82. The lowest BCUT2D eigenvalue weighted by Gasteiger charge is -2.25. The number of amides is 1. The van der Waals surface area contributed by atoms with E-state index in [1.807, 2.05) is 43.3 Å². The van der Waals surface area contributed by atoms with Crippen LogP contribution < -0.4 is 24.5 Å². The Hall–Kier alpha value is -3.98. The standard InChI is InChI=1S/C28H27N3O5S/c1-6-30-20-13-8-7-12-19(20)22(25(30)32)24-26(33)31-23(17-10-9-11-18(14-17)35-5)21(27(34)36-15(2)3)16(4)29-28(31)37-24/h7-15,23H,6H2,1-5H3/b24-22-/t23-/m0/s1. The summed E-state index contributed by atoms with van der Waals surface area (Å²) in [6.45, 7) is 7.66. The lowest BCUT2D eigenvalue weighted by atomic mass is 9.95. The maximum absolute atomic E-state index is 14.1. The highest BCUT2D eigenvalue weighted by atomic mass is 32.1. The number of ether oxygens (including phenoxy) is 2. The first-order valence-corrected chi connectivity index (χ1v) is 12.9. The Bertz CT molecular complexity index is 1650. The Morgan fingerprint density at radius 1 is 1.14 bits per heavy atom. The number of benzene rings is 2. The maximum Gasteiger partial charge on any atom is 0.338 e. The van der Waals surface area contributed by atoms with Crippen molar-refractivity contribution < 1.29 is 19.1 Å². The molecule has 0 saturated heterocycles. The smallest absolute Gasteiger partial charge is 0.338 e. The second kappa shape index (κ2) is 9.48. The predicted octanol–water partition coefficient (Wildman–Crippen LogP) is 2.93. The van der Waals surface area contributed by atoms with Crippen molar-refractivity contribution in [3.63, 3.8) is 0 Å². The summed E-state index contributed by atoms with van der Waals surface area (Å²) in [5.74, 6) is -0.171. The number of nitrogens with zero attached hydrogens (tertiary/aromatic N) is 3. The second-order valence-electron chi connectivity index (χ2n) is 9.07. The predicted molar refractivity (Wildman–Crippen MR) is 141 cm³/mol. The number of fused-ring (bicyclic) bond motifs is 2. The van der Waals surface area contributed by atoms with E-state index in [1.165, 1.54) is 4.57 Å². The normalized spacial score (nSPS) is 18.1. The van der Waals surface area contributed by atoms with Crippen LogP contribution in [0, 0.1) is 0 Å². The van der Waals surface area contributed by atoms with Crippen LogP contribution in [0.15, 0.2) is 69.6 Å². The van der Waals surface area contributed by atoms with Gasteiger partial charge in [-0.05, 0) is 51.5 Å². The molecular formula is C28H27N3O5S. The fourth-order valence-corrected chi connectivity index (χ4v) is 5.99.